The van der Waals surface area contributed by atoms with Crippen molar-refractivity contribution >= 4 is 50.5 Å². The predicted octanol–water partition coefficient (Wildman–Crippen LogP) is 3.85. The molecule has 0 aliphatic carbocycles. The smallest absolute Gasteiger partial charge is 0.304 e. The van der Waals surface area contributed by atoms with E-state index in [1.54, 1.807) is 18.2 Å². The molecule has 6 nitrogen and oxygen atoms in total. The quantitative estimate of drug-likeness (QED) is 0.487. The number of nitro benzene ring substituents is 1. The van der Waals surface area contributed by atoms with Crippen molar-refractivity contribution in [3.8, 4) is 0 Å². The Hall–Kier alpha value is -2.12. The van der Waals surface area contributed by atoms with E-state index >= 15 is 0 Å². The van der Waals surface area contributed by atoms with E-state index in [9.17, 15) is 14.9 Å². The van der Waals surface area contributed by atoms with Crippen LogP contribution in [-0.4, -0.2) is 10.8 Å². The van der Waals surface area contributed by atoms with Crippen molar-refractivity contribution in [1.29, 1.82) is 0 Å². The maximum Gasteiger partial charge on any atom is 0.304 e. The zero-order chi connectivity index (χ0) is 15.6. The minimum absolute atomic E-state index is 0.0715. The Kier molecular flexibility index (Phi) is 4.44. The molecule has 2 aromatic rings. The van der Waals surface area contributed by atoms with Gasteiger partial charge in [-0.1, -0.05) is 23.7 Å². The Labute approximate surface area is 133 Å². The van der Waals surface area contributed by atoms with Crippen LogP contribution in [0.3, 0.4) is 0 Å². The maximum absolute atomic E-state index is 12.2. The molecule has 0 saturated carbocycles. The van der Waals surface area contributed by atoms with Crippen LogP contribution >= 0.6 is 27.5 Å². The highest BCUT2D eigenvalue weighted by molar-refractivity contribution is 9.10. The zero-order valence-electron chi connectivity index (χ0n) is 10.5. The molecule has 2 aromatic carbocycles. The first-order valence-electron chi connectivity index (χ1n) is 5.70. The van der Waals surface area contributed by atoms with Crippen molar-refractivity contribution < 1.29 is 9.72 Å². The molecule has 0 aromatic heterocycles. The van der Waals surface area contributed by atoms with Gasteiger partial charge in [0.25, 0.3) is 5.91 Å². The number of carbonyl (C=O) groups is 1. The molecular formula is C13H9BrClN3O3. The van der Waals surface area contributed by atoms with Crippen LogP contribution < -0.4 is 11.1 Å². The van der Waals surface area contributed by atoms with E-state index in [1.807, 2.05) is 0 Å². The van der Waals surface area contributed by atoms with Crippen LogP contribution in [0.4, 0.5) is 17.1 Å². The standard InChI is InChI=1S/C13H9BrClN3O3/c14-11-8(15)4-2-6-10(11)17-13(19)7-3-1-5-9(16)12(7)18(20)21/h1-6H,16H2,(H,17,19). The molecule has 0 aliphatic rings. The lowest BCUT2D eigenvalue weighted by atomic mass is 10.1. The molecule has 21 heavy (non-hydrogen) atoms. The number of hydrogen-bond acceptors (Lipinski definition) is 4. The number of para-hydroxylation sites is 1. The van der Waals surface area contributed by atoms with Gasteiger partial charge in [0, 0.05) is 0 Å². The summed E-state index contributed by atoms with van der Waals surface area (Å²) in [6.07, 6.45) is 0. The number of nitro groups is 1. The number of nitrogen functional groups attached to an aromatic ring is 1. The van der Waals surface area contributed by atoms with E-state index in [0.717, 1.165) is 0 Å². The number of nitrogens with zero attached hydrogens (tertiary/aromatic N) is 1. The summed E-state index contributed by atoms with van der Waals surface area (Å²) in [6.45, 7) is 0. The first kappa shape index (κ1) is 15.3. The van der Waals surface area contributed by atoms with Gasteiger partial charge in [-0.05, 0) is 40.2 Å². The molecule has 0 spiro atoms. The van der Waals surface area contributed by atoms with Gasteiger partial charge in [0.05, 0.1) is 20.1 Å². The zero-order valence-corrected chi connectivity index (χ0v) is 12.8. The lowest BCUT2D eigenvalue weighted by molar-refractivity contribution is -0.384. The number of amides is 1. The molecule has 8 heteroatoms. The molecule has 0 radical (unpaired) electrons. The molecule has 1 amide bonds. The van der Waals surface area contributed by atoms with Gasteiger partial charge in [-0.3, -0.25) is 14.9 Å². The minimum atomic E-state index is -0.683. The van der Waals surface area contributed by atoms with E-state index in [-0.39, 0.29) is 11.3 Å². The van der Waals surface area contributed by atoms with Gasteiger partial charge in [-0.2, -0.15) is 0 Å². The van der Waals surface area contributed by atoms with Crippen molar-refractivity contribution in [1.82, 2.24) is 0 Å². The summed E-state index contributed by atoms with van der Waals surface area (Å²) < 4.78 is 0.492. The third kappa shape index (κ3) is 3.14. The van der Waals surface area contributed by atoms with Gasteiger partial charge in [-0.15, -0.1) is 0 Å². The molecule has 0 unspecified atom stereocenters. The summed E-state index contributed by atoms with van der Waals surface area (Å²) in [5, 5.41) is 14.0. The molecule has 0 aliphatic heterocycles. The van der Waals surface area contributed by atoms with E-state index in [4.69, 9.17) is 17.3 Å². The number of rotatable bonds is 3. The molecule has 2 rings (SSSR count). The Morgan fingerprint density at radius 1 is 1.29 bits per heavy atom. The monoisotopic (exact) mass is 369 g/mol. The van der Waals surface area contributed by atoms with Gasteiger partial charge in [0.15, 0.2) is 0 Å². The van der Waals surface area contributed by atoms with Gasteiger partial charge in [0.1, 0.15) is 11.3 Å². The summed E-state index contributed by atoms with van der Waals surface area (Å²) in [5.41, 5.74) is 5.35. The second kappa shape index (κ2) is 6.11. The average Bonchev–Trinajstić information content (AvgIpc) is 2.43. The maximum atomic E-state index is 12.2. The van der Waals surface area contributed by atoms with Gasteiger partial charge in [0.2, 0.25) is 0 Å². The normalized spacial score (nSPS) is 10.2. The number of halogens is 2. The lowest BCUT2D eigenvalue weighted by Gasteiger charge is -2.09. The van der Waals surface area contributed by atoms with Crippen LogP contribution in [0.15, 0.2) is 40.9 Å². The third-order valence-electron chi connectivity index (χ3n) is 2.69. The van der Waals surface area contributed by atoms with Crippen LogP contribution in [-0.2, 0) is 0 Å². The molecule has 108 valence electrons. The molecule has 0 bridgehead atoms. The number of anilines is 2. The van der Waals surface area contributed by atoms with E-state index in [2.05, 4.69) is 21.2 Å². The predicted molar refractivity (Wildman–Crippen MR) is 84.6 cm³/mol. The molecule has 0 atom stereocenters. The Morgan fingerprint density at radius 2 is 1.95 bits per heavy atom. The molecule has 0 saturated heterocycles. The summed E-state index contributed by atoms with van der Waals surface area (Å²) in [6, 6.07) is 9.09. The summed E-state index contributed by atoms with van der Waals surface area (Å²) in [4.78, 5) is 22.6. The van der Waals surface area contributed by atoms with Gasteiger partial charge in [-0.25, -0.2) is 0 Å². The van der Waals surface area contributed by atoms with Crippen LogP contribution in [0, 0.1) is 10.1 Å². The highest BCUT2D eigenvalue weighted by Crippen LogP contribution is 2.32. The van der Waals surface area contributed by atoms with Crippen molar-refractivity contribution in [3.05, 3.63) is 61.6 Å². The molecule has 3 N–H and O–H groups in total. The van der Waals surface area contributed by atoms with E-state index in [0.29, 0.717) is 15.2 Å². The Morgan fingerprint density at radius 3 is 2.62 bits per heavy atom. The van der Waals surface area contributed by atoms with Gasteiger partial charge >= 0.3 is 5.69 Å². The third-order valence-corrected chi connectivity index (χ3v) is 4.09. The Balaban J connectivity index is 2.40. The highest BCUT2D eigenvalue weighted by Gasteiger charge is 2.23. The number of hydrogen-bond donors (Lipinski definition) is 2. The van der Waals surface area contributed by atoms with E-state index in [1.165, 1.54) is 18.2 Å². The minimum Gasteiger partial charge on any atom is -0.393 e. The average molecular weight is 371 g/mol. The Bertz CT molecular complexity index is 737. The van der Waals surface area contributed by atoms with Crippen molar-refractivity contribution in [2.75, 3.05) is 11.1 Å². The summed E-state index contributed by atoms with van der Waals surface area (Å²) in [5.74, 6) is -0.642. The highest BCUT2D eigenvalue weighted by atomic mass is 79.9. The number of nitrogens with two attached hydrogens (primary N) is 1. The lowest BCUT2D eigenvalue weighted by Crippen LogP contribution is -2.15. The first-order chi connectivity index (χ1) is 9.91. The second-order valence-corrected chi connectivity index (χ2v) is 5.26. The molecular weight excluding hydrogens is 362 g/mol. The van der Waals surface area contributed by atoms with Crippen molar-refractivity contribution in [3.63, 3.8) is 0 Å². The van der Waals surface area contributed by atoms with E-state index < -0.39 is 16.5 Å². The number of benzene rings is 2. The van der Waals surface area contributed by atoms with Crippen molar-refractivity contribution in [2.45, 2.75) is 0 Å². The van der Waals surface area contributed by atoms with Crippen LogP contribution in [0.1, 0.15) is 10.4 Å². The van der Waals surface area contributed by atoms with Crippen LogP contribution in [0.5, 0.6) is 0 Å². The summed E-state index contributed by atoms with van der Waals surface area (Å²) >= 11 is 9.16. The fourth-order valence-corrected chi connectivity index (χ4v) is 2.28. The second-order valence-electron chi connectivity index (χ2n) is 4.06. The van der Waals surface area contributed by atoms with Gasteiger partial charge < -0.3 is 11.1 Å². The number of carbonyl (C=O) groups excluding carboxylic acids is 1. The van der Waals surface area contributed by atoms with Crippen LogP contribution in [0.2, 0.25) is 5.02 Å². The molecule has 0 fully saturated rings. The van der Waals surface area contributed by atoms with Crippen LogP contribution in [0.25, 0.3) is 0 Å². The SMILES string of the molecule is Nc1cccc(C(=O)Nc2cccc(Cl)c2Br)c1[N+](=O)[O-]. The number of nitrogens with one attached hydrogen (secondary N) is 1. The topological polar surface area (TPSA) is 98.3 Å². The fraction of sp³-hybridized carbons (Fsp3) is 0. The largest absolute Gasteiger partial charge is 0.393 e. The fourth-order valence-electron chi connectivity index (χ4n) is 1.74. The first-order valence-corrected chi connectivity index (χ1v) is 6.87. The summed E-state index contributed by atoms with van der Waals surface area (Å²) in [7, 11) is 0. The van der Waals surface area contributed by atoms with Crippen molar-refractivity contribution in [2.24, 2.45) is 0 Å². The molecule has 0 heterocycles.